The van der Waals surface area contributed by atoms with Crippen molar-refractivity contribution in [1.82, 2.24) is 10.3 Å². The van der Waals surface area contributed by atoms with Gasteiger partial charge in [0.1, 0.15) is 0 Å². The number of benzene rings is 2. The molecular weight excluding hydrogens is 406 g/mol. The molecule has 0 aliphatic carbocycles. The summed E-state index contributed by atoms with van der Waals surface area (Å²) in [6.45, 7) is 0.635. The number of unbranched alkanes of at least 4 members (excludes halogenated alkanes) is 2. The molecule has 6 heteroatoms. The van der Waals surface area contributed by atoms with E-state index in [9.17, 15) is 9.59 Å². The van der Waals surface area contributed by atoms with Crippen LogP contribution in [0, 0.1) is 0 Å². The molecule has 0 aliphatic rings. The lowest BCUT2D eigenvalue weighted by atomic mass is 10.1. The van der Waals surface area contributed by atoms with Crippen LogP contribution >= 0.6 is 11.8 Å². The second-order valence-corrected chi connectivity index (χ2v) is 8.18. The fourth-order valence-corrected chi connectivity index (χ4v) is 3.79. The highest BCUT2D eigenvalue weighted by Gasteiger charge is 2.05. The first-order chi connectivity index (χ1) is 15.2. The van der Waals surface area contributed by atoms with E-state index in [4.69, 9.17) is 0 Å². The average Bonchev–Trinajstić information content (AvgIpc) is 2.81. The van der Waals surface area contributed by atoms with Crippen LogP contribution in [0.25, 0.3) is 11.1 Å². The van der Waals surface area contributed by atoms with Crippen molar-refractivity contribution in [1.29, 1.82) is 0 Å². The SMILES string of the molecule is O=C(CSc1ccncc1)NCCCCCC(=O)Nc1cccc(-c2ccccc2)c1. The summed E-state index contributed by atoms with van der Waals surface area (Å²) < 4.78 is 0. The van der Waals surface area contributed by atoms with Crippen LogP contribution in [0.5, 0.6) is 0 Å². The minimum Gasteiger partial charge on any atom is -0.355 e. The number of amides is 2. The zero-order valence-electron chi connectivity index (χ0n) is 17.4. The molecule has 1 aromatic heterocycles. The maximum absolute atomic E-state index is 12.2. The second-order valence-electron chi connectivity index (χ2n) is 7.13. The number of aromatic nitrogens is 1. The smallest absolute Gasteiger partial charge is 0.230 e. The summed E-state index contributed by atoms with van der Waals surface area (Å²) >= 11 is 1.50. The van der Waals surface area contributed by atoms with Crippen LogP contribution in [0.15, 0.2) is 84.0 Å². The molecule has 160 valence electrons. The summed E-state index contributed by atoms with van der Waals surface area (Å²) in [6.07, 6.45) is 6.47. The lowest BCUT2D eigenvalue weighted by Crippen LogP contribution is -2.26. The van der Waals surface area contributed by atoms with E-state index in [1.165, 1.54) is 11.8 Å². The van der Waals surface area contributed by atoms with E-state index in [-0.39, 0.29) is 11.8 Å². The number of thioether (sulfide) groups is 1. The van der Waals surface area contributed by atoms with Gasteiger partial charge in [0, 0.05) is 35.9 Å². The summed E-state index contributed by atoms with van der Waals surface area (Å²) in [5.41, 5.74) is 3.02. The van der Waals surface area contributed by atoms with Crippen LogP contribution in [0.1, 0.15) is 25.7 Å². The van der Waals surface area contributed by atoms with Crippen LogP contribution in [0.3, 0.4) is 0 Å². The van der Waals surface area contributed by atoms with Crippen molar-refractivity contribution in [3.63, 3.8) is 0 Å². The molecule has 0 aliphatic heterocycles. The van der Waals surface area contributed by atoms with E-state index in [0.717, 1.165) is 41.0 Å². The predicted molar refractivity (Wildman–Crippen MR) is 127 cm³/mol. The molecule has 1 heterocycles. The molecule has 31 heavy (non-hydrogen) atoms. The third kappa shape index (κ3) is 8.26. The van der Waals surface area contributed by atoms with E-state index in [1.807, 2.05) is 54.6 Å². The van der Waals surface area contributed by atoms with Gasteiger partial charge in [-0.15, -0.1) is 11.8 Å². The first kappa shape index (κ1) is 22.6. The molecule has 2 amide bonds. The summed E-state index contributed by atoms with van der Waals surface area (Å²) in [7, 11) is 0. The van der Waals surface area contributed by atoms with Crippen LogP contribution in [-0.4, -0.2) is 29.1 Å². The van der Waals surface area contributed by atoms with Gasteiger partial charge in [-0.3, -0.25) is 14.6 Å². The van der Waals surface area contributed by atoms with Gasteiger partial charge >= 0.3 is 0 Å². The Morgan fingerprint density at radius 2 is 1.58 bits per heavy atom. The molecular formula is C25H27N3O2S. The predicted octanol–water partition coefficient (Wildman–Crippen LogP) is 5.16. The normalized spacial score (nSPS) is 10.5. The average molecular weight is 434 g/mol. The van der Waals surface area contributed by atoms with E-state index in [0.29, 0.717) is 18.7 Å². The molecule has 0 saturated heterocycles. The molecule has 0 bridgehead atoms. The summed E-state index contributed by atoms with van der Waals surface area (Å²) in [5.74, 6) is 0.440. The van der Waals surface area contributed by atoms with Gasteiger partial charge in [0.25, 0.3) is 0 Å². The van der Waals surface area contributed by atoms with Gasteiger partial charge in [0.05, 0.1) is 5.75 Å². The topological polar surface area (TPSA) is 71.1 Å². The molecule has 0 atom stereocenters. The van der Waals surface area contributed by atoms with Gasteiger partial charge in [-0.25, -0.2) is 0 Å². The van der Waals surface area contributed by atoms with Crippen molar-refractivity contribution in [3.8, 4) is 11.1 Å². The maximum atomic E-state index is 12.2. The highest BCUT2D eigenvalue weighted by atomic mass is 32.2. The standard InChI is InChI=1S/C25H27N3O2S/c29-24(28-22-11-7-10-21(18-22)20-8-3-1-4-9-20)12-5-2-6-15-27-25(30)19-31-23-13-16-26-17-14-23/h1,3-4,7-11,13-14,16-18H,2,5-6,12,15,19H2,(H,27,30)(H,28,29). The van der Waals surface area contributed by atoms with Crippen LogP contribution in [0.4, 0.5) is 5.69 Å². The number of nitrogens with zero attached hydrogens (tertiary/aromatic N) is 1. The molecule has 0 saturated carbocycles. The Labute approximate surface area is 187 Å². The lowest BCUT2D eigenvalue weighted by molar-refractivity contribution is -0.118. The fraction of sp³-hybridized carbons (Fsp3) is 0.240. The van der Waals surface area contributed by atoms with Gasteiger partial charge in [-0.2, -0.15) is 0 Å². The minimum atomic E-state index is 0.0167. The number of anilines is 1. The Morgan fingerprint density at radius 3 is 2.39 bits per heavy atom. The van der Waals surface area contributed by atoms with Gasteiger partial charge in [-0.05, 0) is 48.2 Å². The lowest BCUT2D eigenvalue weighted by Gasteiger charge is -2.08. The second kappa shape index (κ2) is 12.5. The number of hydrogen-bond acceptors (Lipinski definition) is 4. The Hall–Kier alpha value is -3.12. The van der Waals surface area contributed by atoms with Crippen LogP contribution < -0.4 is 10.6 Å². The van der Waals surface area contributed by atoms with Crippen molar-refractivity contribution >= 4 is 29.3 Å². The summed E-state index contributed by atoms with van der Waals surface area (Å²) in [6, 6.07) is 21.8. The van der Waals surface area contributed by atoms with E-state index in [1.54, 1.807) is 12.4 Å². The van der Waals surface area contributed by atoms with Gasteiger partial charge in [0.2, 0.25) is 11.8 Å². The number of hydrogen-bond donors (Lipinski definition) is 2. The van der Waals surface area contributed by atoms with Crippen molar-refractivity contribution < 1.29 is 9.59 Å². The van der Waals surface area contributed by atoms with Crippen molar-refractivity contribution in [2.45, 2.75) is 30.6 Å². The maximum Gasteiger partial charge on any atom is 0.230 e. The molecule has 0 spiro atoms. The summed E-state index contributed by atoms with van der Waals surface area (Å²) in [5, 5.41) is 5.90. The van der Waals surface area contributed by atoms with Crippen molar-refractivity contribution in [2.75, 3.05) is 17.6 Å². The molecule has 0 unspecified atom stereocenters. The van der Waals surface area contributed by atoms with Crippen molar-refractivity contribution in [3.05, 3.63) is 79.1 Å². The van der Waals surface area contributed by atoms with Crippen molar-refractivity contribution in [2.24, 2.45) is 0 Å². The zero-order chi connectivity index (χ0) is 21.7. The van der Waals surface area contributed by atoms with Gasteiger partial charge in [-0.1, -0.05) is 48.9 Å². The van der Waals surface area contributed by atoms with Gasteiger partial charge in [0.15, 0.2) is 0 Å². The first-order valence-corrected chi connectivity index (χ1v) is 11.4. The van der Waals surface area contributed by atoms with Crippen LogP contribution in [0.2, 0.25) is 0 Å². The quantitative estimate of drug-likeness (QED) is 0.324. The molecule has 3 aromatic rings. The fourth-order valence-electron chi connectivity index (χ4n) is 3.08. The molecule has 0 fully saturated rings. The monoisotopic (exact) mass is 433 g/mol. The Kier molecular flexibility index (Phi) is 9.13. The third-order valence-electron chi connectivity index (χ3n) is 4.68. The first-order valence-electron chi connectivity index (χ1n) is 10.5. The number of carbonyl (C=O) groups is 2. The molecule has 2 aromatic carbocycles. The Balaban J connectivity index is 1.28. The number of nitrogens with one attached hydrogen (secondary N) is 2. The van der Waals surface area contributed by atoms with Gasteiger partial charge < -0.3 is 10.6 Å². The molecule has 5 nitrogen and oxygen atoms in total. The highest BCUT2D eigenvalue weighted by Crippen LogP contribution is 2.22. The highest BCUT2D eigenvalue weighted by molar-refractivity contribution is 8.00. The van der Waals surface area contributed by atoms with E-state index < -0.39 is 0 Å². The number of carbonyl (C=O) groups excluding carboxylic acids is 2. The van der Waals surface area contributed by atoms with Crippen LogP contribution in [-0.2, 0) is 9.59 Å². The third-order valence-corrected chi connectivity index (χ3v) is 5.69. The van der Waals surface area contributed by atoms with E-state index >= 15 is 0 Å². The Morgan fingerprint density at radius 1 is 0.806 bits per heavy atom. The molecule has 3 rings (SSSR count). The largest absolute Gasteiger partial charge is 0.355 e. The Bertz CT molecular complexity index is 965. The number of rotatable bonds is 11. The number of pyridine rings is 1. The zero-order valence-corrected chi connectivity index (χ0v) is 18.2. The molecule has 2 N–H and O–H groups in total. The molecule has 0 radical (unpaired) electrons. The summed E-state index contributed by atoms with van der Waals surface area (Å²) in [4.78, 5) is 29.1. The van der Waals surface area contributed by atoms with E-state index in [2.05, 4.69) is 27.8 Å². The minimum absolute atomic E-state index is 0.0167.